The molecule has 4 rings (SSSR count). The van der Waals surface area contributed by atoms with Gasteiger partial charge in [0.25, 0.3) is 5.91 Å². The van der Waals surface area contributed by atoms with Gasteiger partial charge in [-0.1, -0.05) is 36.4 Å². The molecule has 4 nitrogen and oxygen atoms in total. The molecule has 0 spiro atoms. The first-order valence-electron chi connectivity index (χ1n) is 8.03. The lowest BCUT2D eigenvalue weighted by Crippen LogP contribution is -2.13. The van der Waals surface area contributed by atoms with Crippen LogP contribution in [0, 0.1) is 6.92 Å². The van der Waals surface area contributed by atoms with E-state index in [-0.39, 0.29) is 5.91 Å². The summed E-state index contributed by atoms with van der Waals surface area (Å²) in [5, 5.41) is 4.91. The van der Waals surface area contributed by atoms with Crippen LogP contribution in [-0.2, 0) is 0 Å². The van der Waals surface area contributed by atoms with Crippen molar-refractivity contribution >= 4 is 33.5 Å². The van der Waals surface area contributed by atoms with E-state index in [4.69, 9.17) is 9.15 Å². The van der Waals surface area contributed by atoms with Crippen LogP contribution in [0.4, 0.5) is 5.69 Å². The molecule has 0 fully saturated rings. The van der Waals surface area contributed by atoms with Crippen molar-refractivity contribution in [1.82, 2.24) is 0 Å². The number of amides is 1. The van der Waals surface area contributed by atoms with E-state index in [0.29, 0.717) is 22.6 Å². The number of carbonyl (C=O) groups is 1. The Hall–Kier alpha value is -3.27. The van der Waals surface area contributed by atoms with E-state index in [1.165, 1.54) is 0 Å². The number of methoxy groups -OCH3 is 1. The molecule has 0 aliphatic heterocycles. The van der Waals surface area contributed by atoms with Crippen molar-refractivity contribution in [2.75, 3.05) is 12.4 Å². The minimum Gasteiger partial charge on any atom is -0.495 e. The fraction of sp³-hybridized carbons (Fsp3) is 0.0952. The summed E-state index contributed by atoms with van der Waals surface area (Å²) >= 11 is 0. The van der Waals surface area contributed by atoms with Crippen LogP contribution in [0.25, 0.3) is 21.9 Å². The third-order valence-corrected chi connectivity index (χ3v) is 4.34. The second-order valence-electron chi connectivity index (χ2n) is 5.92. The highest BCUT2D eigenvalue weighted by Gasteiger charge is 2.15. The van der Waals surface area contributed by atoms with E-state index >= 15 is 0 Å². The van der Waals surface area contributed by atoms with Gasteiger partial charge in [-0.15, -0.1) is 0 Å². The number of rotatable bonds is 3. The molecular weight excluding hydrogens is 314 g/mol. The van der Waals surface area contributed by atoms with Gasteiger partial charge in [0, 0.05) is 22.4 Å². The Balaban J connectivity index is 1.80. The number of hydrogen-bond donors (Lipinski definition) is 1. The normalized spacial score (nSPS) is 11.0. The van der Waals surface area contributed by atoms with Crippen LogP contribution in [0.2, 0.25) is 0 Å². The van der Waals surface area contributed by atoms with E-state index in [1.54, 1.807) is 13.2 Å². The zero-order valence-electron chi connectivity index (χ0n) is 14.0. The zero-order chi connectivity index (χ0) is 17.4. The molecule has 4 aromatic rings. The molecule has 4 heteroatoms. The Morgan fingerprint density at radius 2 is 1.72 bits per heavy atom. The second kappa shape index (κ2) is 5.98. The Kier molecular flexibility index (Phi) is 3.65. The van der Waals surface area contributed by atoms with Crippen LogP contribution in [0.1, 0.15) is 15.9 Å². The summed E-state index contributed by atoms with van der Waals surface area (Å²) in [7, 11) is 1.59. The number of carbonyl (C=O) groups excluding carboxylic acids is 1. The summed E-state index contributed by atoms with van der Waals surface area (Å²) in [5.74, 6) is 0.424. The van der Waals surface area contributed by atoms with Gasteiger partial charge < -0.3 is 14.5 Å². The number of nitrogens with one attached hydrogen (secondary N) is 1. The van der Waals surface area contributed by atoms with Gasteiger partial charge in [0.2, 0.25) is 0 Å². The fourth-order valence-electron chi connectivity index (χ4n) is 3.04. The monoisotopic (exact) mass is 331 g/mol. The van der Waals surface area contributed by atoms with Gasteiger partial charge in [0.05, 0.1) is 12.8 Å². The summed E-state index contributed by atoms with van der Waals surface area (Å²) in [4.78, 5) is 12.6. The van der Waals surface area contributed by atoms with Crippen LogP contribution in [0.15, 0.2) is 65.1 Å². The second-order valence-corrected chi connectivity index (χ2v) is 5.92. The van der Waals surface area contributed by atoms with E-state index in [2.05, 4.69) is 5.32 Å². The van der Waals surface area contributed by atoms with Crippen molar-refractivity contribution in [2.45, 2.75) is 6.92 Å². The molecular formula is C21H17NO3. The average Bonchev–Trinajstić information content (AvgIpc) is 2.98. The van der Waals surface area contributed by atoms with Gasteiger partial charge in [0.15, 0.2) is 0 Å². The standard InChI is InChI=1S/C21H17NO3/c1-13-7-3-4-8-14(13)21(23)22-17-12-19-16(11-20(17)24-2)15-9-5-6-10-18(15)25-19/h3-12H,1-2H3,(H,22,23). The molecule has 0 saturated carbocycles. The predicted molar refractivity (Wildman–Crippen MR) is 99.4 cm³/mol. The number of hydrogen-bond acceptors (Lipinski definition) is 3. The summed E-state index contributed by atoms with van der Waals surface area (Å²) in [6, 6.07) is 19.0. The lowest BCUT2D eigenvalue weighted by molar-refractivity contribution is 0.102. The Morgan fingerprint density at radius 3 is 2.52 bits per heavy atom. The number of furan rings is 1. The fourth-order valence-corrected chi connectivity index (χ4v) is 3.04. The predicted octanol–water partition coefficient (Wildman–Crippen LogP) is 5.16. The van der Waals surface area contributed by atoms with Crippen molar-refractivity contribution in [1.29, 1.82) is 0 Å². The summed E-state index contributed by atoms with van der Waals surface area (Å²) in [5.41, 5.74) is 3.66. The van der Waals surface area contributed by atoms with Gasteiger partial charge in [-0.3, -0.25) is 4.79 Å². The van der Waals surface area contributed by atoms with Crippen LogP contribution in [0.5, 0.6) is 5.75 Å². The van der Waals surface area contributed by atoms with Gasteiger partial charge >= 0.3 is 0 Å². The largest absolute Gasteiger partial charge is 0.495 e. The minimum atomic E-state index is -0.174. The number of para-hydroxylation sites is 1. The van der Waals surface area contributed by atoms with Crippen LogP contribution in [-0.4, -0.2) is 13.0 Å². The summed E-state index contributed by atoms with van der Waals surface area (Å²) in [6.07, 6.45) is 0. The Labute approximate surface area is 145 Å². The third kappa shape index (κ3) is 2.62. The Morgan fingerprint density at radius 1 is 0.960 bits per heavy atom. The van der Waals surface area contributed by atoms with E-state index < -0.39 is 0 Å². The van der Waals surface area contributed by atoms with Gasteiger partial charge in [0.1, 0.15) is 16.9 Å². The van der Waals surface area contributed by atoms with Crippen molar-refractivity contribution in [3.63, 3.8) is 0 Å². The van der Waals surface area contributed by atoms with E-state index in [9.17, 15) is 4.79 Å². The van der Waals surface area contributed by atoms with Crippen LogP contribution < -0.4 is 10.1 Å². The van der Waals surface area contributed by atoms with Gasteiger partial charge in [-0.05, 0) is 30.7 Å². The lowest BCUT2D eigenvalue weighted by Gasteiger charge is -2.11. The number of anilines is 1. The van der Waals surface area contributed by atoms with Crippen LogP contribution >= 0.6 is 0 Å². The molecule has 0 aliphatic carbocycles. The quantitative estimate of drug-likeness (QED) is 0.564. The molecule has 0 unspecified atom stereocenters. The summed E-state index contributed by atoms with van der Waals surface area (Å²) < 4.78 is 11.4. The molecule has 0 atom stereocenters. The maximum atomic E-state index is 12.6. The molecule has 0 radical (unpaired) electrons. The highest BCUT2D eigenvalue weighted by atomic mass is 16.5. The molecule has 1 N–H and O–H groups in total. The first-order chi connectivity index (χ1) is 12.2. The number of ether oxygens (including phenoxy) is 1. The van der Waals surface area contributed by atoms with Crippen molar-refractivity contribution in [2.24, 2.45) is 0 Å². The van der Waals surface area contributed by atoms with Crippen molar-refractivity contribution in [3.8, 4) is 5.75 Å². The molecule has 25 heavy (non-hydrogen) atoms. The number of fused-ring (bicyclic) bond motifs is 3. The first-order valence-corrected chi connectivity index (χ1v) is 8.03. The molecule has 0 saturated heterocycles. The SMILES string of the molecule is COc1cc2c(cc1NC(=O)c1ccccc1C)oc1ccccc12. The summed E-state index contributed by atoms with van der Waals surface area (Å²) in [6.45, 7) is 1.91. The number of benzene rings is 3. The molecule has 0 bridgehead atoms. The van der Waals surface area contributed by atoms with Crippen molar-refractivity contribution in [3.05, 3.63) is 71.8 Å². The van der Waals surface area contributed by atoms with Gasteiger partial charge in [-0.2, -0.15) is 0 Å². The first kappa shape index (κ1) is 15.3. The molecule has 1 heterocycles. The molecule has 0 aliphatic rings. The van der Waals surface area contributed by atoms with Crippen molar-refractivity contribution < 1.29 is 13.9 Å². The molecule has 3 aromatic carbocycles. The highest BCUT2D eigenvalue weighted by Crippen LogP contribution is 2.36. The van der Waals surface area contributed by atoms with Crippen LogP contribution in [0.3, 0.4) is 0 Å². The average molecular weight is 331 g/mol. The minimum absolute atomic E-state index is 0.174. The molecule has 1 amide bonds. The highest BCUT2D eigenvalue weighted by molar-refractivity contribution is 6.10. The van der Waals surface area contributed by atoms with E-state index in [0.717, 1.165) is 21.9 Å². The third-order valence-electron chi connectivity index (χ3n) is 4.34. The maximum Gasteiger partial charge on any atom is 0.256 e. The van der Waals surface area contributed by atoms with Gasteiger partial charge in [-0.25, -0.2) is 0 Å². The maximum absolute atomic E-state index is 12.6. The molecule has 1 aromatic heterocycles. The Bertz CT molecular complexity index is 1090. The smallest absolute Gasteiger partial charge is 0.256 e. The topological polar surface area (TPSA) is 51.5 Å². The lowest BCUT2D eigenvalue weighted by atomic mass is 10.1. The van der Waals surface area contributed by atoms with E-state index in [1.807, 2.05) is 61.5 Å². The number of aryl methyl sites for hydroxylation is 1. The molecule has 124 valence electrons. The zero-order valence-corrected chi connectivity index (χ0v) is 14.0.